The fourth-order valence-electron chi connectivity index (χ4n) is 4.54. The van der Waals surface area contributed by atoms with Crippen molar-refractivity contribution in [1.29, 1.82) is 0 Å². The second kappa shape index (κ2) is 10.7. The molecule has 1 saturated heterocycles. The number of carbonyl (C=O) groups is 3. The molecular weight excluding hydrogens is 470 g/mol. The molecule has 1 amide bonds. The number of aliphatic hydroxyl groups is 1. The van der Waals surface area contributed by atoms with E-state index in [4.69, 9.17) is 9.47 Å². The summed E-state index contributed by atoms with van der Waals surface area (Å²) in [5.41, 5.74) is 4.07. The normalized spacial score (nSPS) is 16.6. The number of hydrogen-bond acceptors (Lipinski definition) is 6. The number of esters is 1. The van der Waals surface area contributed by atoms with Gasteiger partial charge in [0.2, 0.25) is 0 Å². The van der Waals surface area contributed by atoms with Gasteiger partial charge in [-0.05, 0) is 67.8 Å². The number of methoxy groups -OCH3 is 1. The van der Waals surface area contributed by atoms with Gasteiger partial charge in [0.25, 0.3) is 11.7 Å². The molecule has 0 bridgehead atoms. The smallest absolute Gasteiger partial charge is 0.309 e. The molecule has 1 N–H and O–H groups in total. The number of nitrogens with zero attached hydrogens (tertiary/aromatic N) is 1. The number of hydrogen-bond donors (Lipinski definition) is 1. The molecule has 0 radical (unpaired) electrons. The molecule has 1 aliphatic heterocycles. The Kier molecular flexibility index (Phi) is 7.43. The largest absolute Gasteiger partial charge is 0.507 e. The number of rotatable bonds is 7. The topological polar surface area (TPSA) is 93.1 Å². The molecule has 1 fully saturated rings. The molecule has 1 heterocycles. The molecule has 190 valence electrons. The van der Waals surface area contributed by atoms with Crippen LogP contribution in [0.4, 0.5) is 5.69 Å². The first-order valence-electron chi connectivity index (χ1n) is 12.0. The van der Waals surface area contributed by atoms with E-state index in [-0.39, 0.29) is 23.7 Å². The van der Waals surface area contributed by atoms with Crippen molar-refractivity contribution in [2.75, 3.05) is 18.6 Å². The Labute approximate surface area is 215 Å². The molecule has 3 aromatic carbocycles. The summed E-state index contributed by atoms with van der Waals surface area (Å²) in [4.78, 5) is 39.8. The second-order valence-electron chi connectivity index (χ2n) is 8.92. The van der Waals surface area contributed by atoms with E-state index in [0.717, 1.165) is 11.1 Å². The van der Waals surface area contributed by atoms with Crippen LogP contribution in [0.25, 0.3) is 5.76 Å². The lowest BCUT2D eigenvalue weighted by molar-refractivity contribution is -0.139. The summed E-state index contributed by atoms with van der Waals surface area (Å²) in [5, 5.41) is 11.4. The quantitative estimate of drug-likeness (QED) is 0.212. The van der Waals surface area contributed by atoms with Crippen molar-refractivity contribution in [2.45, 2.75) is 33.2 Å². The van der Waals surface area contributed by atoms with Crippen molar-refractivity contribution < 1.29 is 29.0 Å². The van der Waals surface area contributed by atoms with Crippen LogP contribution in [0, 0.1) is 13.8 Å². The summed E-state index contributed by atoms with van der Waals surface area (Å²) < 4.78 is 10.3. The van der Waals surface area contributed by atoms with Crippen LogP contribution < -0.4 is 9.64 Å². The summed E-state index contributed by atoms with van der Waals surface area (Å²) in [7, 11) is 1.32. The number of benzene rings is 3. The van der Waals surface area contributed by atoms with Crippen LogP contribution in [0.2, 0.25) is 0 Å². The molecule has 3 aromatic rings. The van der Waals surface area contributed by atoms with Crippen LogP contribution in [-0.4, -0.2) is 36.5 Å². The molecule has 0 spiro atoms. The van der Waals surface area contributed by atoms with Gasteiger partial charge in [0, 0.05) is 11.3 Å². The molecule has 7 heteroatoms. The number of amides is 1. The zero-order valence-corrected chi connectivity index (χ0v) is 21.3. The van der Waals surface area contributed by atoms with Gasteiger partial charge in [-0.25, -0.2) is 0 Å². The first-order chi connectivity index (χ1) is 17.7. The summed E-state index contributed by atoms with van der Waals surface area (Å²) in [6.45, 7) is 6.17. The molecule has 1 aliphatic rings. The minimum absolute atomic E-state index is 0.0118. The van der Waals surface area contributed by atoms with Gasteiger partial charge in [-0.1, -0.05) is 42.0 Å². The maximum Gasteiger partial charge on any atom is 0.309 e. The number of aryl methyl sites for hydroxylation is 2. The minimum Gasteiger partial charge on any atom is -0.507 e. The predicted octanol–water partition coefficient (Wildman–Crippen LogP) is 5.04. The van der Waals surface area contributed by atoms with Gasteiger partial charge in [-0.15, -0.1) is 0 Å². The van der Waals surface area contributed by atoms with Crippen molar-refractivity contribution in [1.82, 2.24) is 0 Å². The van der Waals surface area contributed by atoms with Gasteiger partial charge in [-0.2, -0.15) is 0 Å². The monoisotopic (exact) mass is 499 g/mol. The highest BCUT2D eigenvalue weighted by molar-refractivity contribution is 6.51. The lowest BCUT2D eigenvalue weighted by atomic mass is 9.93. The van der Waals surface area contributed by atoms with Gasteiger partial charge in [0.05, 0.1) is 31.8 Å². The maximum absolute atomic E-state index is 13.4. The standard InChI is InChI=1S/C30H29NO6/c1-5-37-24-14-11-22(16-19(24)3)28(33)26-27(21-8-6-7-18(2)15-21)31(30(35)29(26)34)23-12-9-20(10-13-23)17-25(32)36-4/h6-16,27,33H,5,17H2,1-4H3/b28-26-. The number of ketones is 1. The van der Waals surface area contributed by atoms with Crippen LogP contribution in [0.3, 0.4) is 0 Å². The van der Waals surface area contributed by atoms with Crippen molar-refractivity contribution in [3.63, 3.8) is 0 Å². The Morgan fingerprint density at radius 2 is 1.73 bits per heavy atom. The lowest BCUT2D eigenvalue weighted by Gasteiger charge is -2.26. The van der Waals surface area contributed by atoms with E-state index in [0.29, 0.717) is 34.7 Å². The Hall–Kier alpha value is -4.39. The van der Waals surface area contributed by atoms with Gasteiger partial charge in [0.15, 0.2) is 0 Å². The number of anilines is 1. The van der Waals surface area contributed by atoms with E-state index in [2.05, 4.69) is 0 Å². The van der Waals surface area contributed by atoms with E-state index >= 15 is 0 Å². The molecule has 4 rings (SSSR count). The van der Waals surface area contributed by atoms with E-state index in [9.17, 15) is 19.5 Å². The Balaban J connectivity index is 1.84. The Bertz CT molecular complexity index is 1390. The van der Waals surface area contributed by atoms with Gasteiger partial charge in [0.1, 0.15) is 11.5 Å². The van der Waals surface area contributed by atoms with Crippen LogP contribution in [0.5, 0.6) is 5.75 Å². The maximum atomic E-state index is 13.4. The molecule has 1 unspecified atom stereocenters. The zero-order chi connectivity index (χ0) is 26.7. The lowest BCUT2D eigenvalue weighted by Crippen LogP contribution is -2.29. The molecule has 0 saturated carbocycles. The fraction of sp³-hybridized carbons (Fsp3) is 0.233. The summed E-state index contributed by atoms with van der Waals surface area (Å²) in [5.74, 6) is -1.45. The van der Waals surface area contributed by atoms with Crippen LogP contribution in [0.15, 0.2) is 72.3 Å². The van der Waals surface area contributed by atoms with Crippen molar-refractivity contribution in [3.05, 3.63) is 100 Å². The third kappa shape index (κ3) is 5.11. The number of carbonyl (C=O) groups excluding carboxylic acids is 3. The second-order valence-corrected chi connectivity index (χ2v) is 8.92. The van der Waals surface area contributed by atoms with Crippen molar-refractivity contribution in [3.8, 4) is 5.75 Å². The van der Waals surface area contributed by atoms with Crippen molar-refractivity contribution >= 4 is 29.1 Å². The number of aliphatic hydroxyl groups excluding tert-OH is 1. The molecule has 0 aliphatic carbocycles. The van der Waals surface area contributed by atoms with Crippen molar-refractivity contribution in [2.24, 2.45) is 0 Å². The predicted molar refractivity (Wildman–Crippen MR) is 140 cm³/mol. The van der Waals surface area contributed by atoms with Crippen LogP contribution in [0.1, 0.15) is 40.8 Å². The van der Waals surface area contributed by atoms with Crippen LogP contribution in [-0.2, 0) is 25.5 Å². The minimum atomic E-state index is -0.835. The summed E-state index contributed by atoms with van der Waals surface area (Å²) in [6.07, 6.45) is 0.0913. The average molecular weight is 500 g/mol. The molecule has 37 heavy (non-hydrogen) atoms. The van der Waals surface area contributed by atoms with Gasteiger partial charge < -0.3 is 14.6 Å². The van der Waals surface area contributed by atoms with E-state index in [1.807, 2.05) is 45.0 Å². The zero-order valence-electron chi connectivity index (χ0n) is 21.3. The highest BCUT2D eigenvalue weighted by Crippen LogP contribution is 2.42. The first kappa shape index (κ1) is 25.7. The van der Waals surface area contributed by atoms with Crippen LogP contribution >= 0.6 is 0 Å². The molecule has 1 atom stereocenters. The molecule has 7 nitrogen and oxygen atoms in total. The SMILES string of the molecule is CCOc1ccc(/C(O)=C2/C(=O)C(=O)N(c3ccc(CC(=O)OC)cc3)C2c2cccc(C)c2)cc1C. The van der Waals surface area contributed by atoms with E-state index in [1.165, 1.54) is 12.0 Å². The average Bonchev–Trinajstić information content (AvgIpc) is 3.15. The van der Waals surface area contributed by atoms with Gasteiger partial charge >= 0.3 is 5.97 Å². The third-order valence-electron chi connectivity index (χ3n) is 6.34. The third-order valence-corrected chi connectivity index (χ3v) is 6.34. The highest BCUT2D eigenvalue weighted by Gasteiger charge is 2.47. The summed E-state index contributed by atoms with van der Waals surface area (Å²) in [6, 6.07) is 18.6. The molecule has 0 aromatic heterocycles. The fourth-order valence-corrected chi connectivity index (χ4v) is 4.54. The number of Topliss-reactive ketones (excluding diaryl/α,β-unsaturated/α-hetero) is 1. The van der Waals surface area contributed by atoms with E-state index in [1.54, 1.807) is 42.5 Å². The first-order valence-corrected chi connectivity index (χ1v) is 12.0. The van der Waals surface area contributed by atoms with Gasteiger partial charge in [-0.3, -0.25) is 19.3 Å². The number of ether oxygens (including phenoxy) is 2. The summed E-state index contributed by atoms with van der Waals surface area (Å²) >= 11 is 0. The Morgan fingerprint density at radius 1 is 1.00 bits per heavy atom. The van der Waals surface area contributed by atoms with E-state index < -0.39 is 17.7 Å². The Morgan fingerprint density at radius 3 is 2.35 bits per heavy atom. The molecular formula is C30H29NO6. The highest BCUT2D eigenvalue weighted by atomic mass is 16.5.